The van der Waals surface area contributed by atoms with E-state index in [1.807, 2.05) is 0 Å². The Morgan fingerprint density at radius 2 is 2.00 bits per heavy atom. The summed E-state index contributed by atoms with van der Waals surface area (Å²) in [7, 11) is 0. The Labute approximate surface area is 137 Å². The first-order valence-electron chi connectivity index (χ1n) is 10.1. The summed E-state index contributed by atoms with van der Waals surface area (Å²) in [5.41, 5.74) is 4.27. The van der Waals surface area contributed by atoms with E-state index in [4.69, 9.17) is 0 Å². The fraction of sp³-hybridized carbons (Fsp3) is 0.818. The minimum atomic E-state index is 0.722. The second-order valence-electron chi connectivity index (χ2n) is 8.79. The summed E-state index contributed by atoms with van der Waals surface area (Å²) in [4.78, 5) is 0. The Balaban J connectivity index is 1.64. The maximum atomic E-state index is 2.64. The molecule has 0 nitrogen and oxygen atoms in total. The third kappa shape index (κ3) is 2.01. The van der Waals surface area contributed by atoms with Crippen molar-refractivity contribution < 1.29 is 0 Å². The zero-order chi connectivity index (χ0) is 15.3. The molecule has 0 aromatic heterocycles. The predicted octanol–water partition coefficient (Wildman–Crippen LogP) is 6.53. The van der Waals surface area contributed by atoms with Gasteiger partial charge in [0.2, 0.25) is 0 Å². The summed E-state index contributed by atoms with van der Waals surface area (Å²) in [6.45, 7) is 7.33. The lowest BCUT2D eigenvalue weighted by Gasteiger charge is -2.53. The molecule has 0 aromatic carbocycles. The highest BCUT2D eigenvalue weighted by molar-refractivity contribution is 5.39. The zero-order valence-electron chi connectivity index (χ0n) is 14.9. The molecule has 4 aliphatic rings. The van der Waals surface area contributed by atoms with Gasteiger partial charge in [0, 0.05) is 0 Å². The monoisotopic (exact) mass is 298 g/mol. The first-order valence-corrected chi connectivity index (χ1v) is 10.1. The molecule has 0 heterocycles. The van der Waals surface area contributed by atoms with Crippen LogP contribution in [0.15, 0.2) is 23.3 Å². The Hall–Kier alpha value is -0.520. The molecule has 6 atom stereocenters. The maximum absolute atomic E-state index is 2.64. The molecule has 3 saturated carbocycles. The second-order valence-corrected chi connectivity index (χ2v) is 8.79. The number of hydrogen-bond donors (Lipinski definition) is 0. The van der Waals surface area contributed by atoms with Crippen LogP contribution in [0.25, 0.3) is 0 Å². The molecular formula is C22H34. The van der Waals surface area contributed by atoms with Crippen molar-refractivity contribution >= 4 is 0 Å². The Morgan fingerprint density at radius 3 is 2.77 bits per heavy atom. The minimum absolute atomic E-state index is 0.722. The largest absolute Gasteiger partial charge is 0.0802 e. The lowest BCUT2D eigenvalue weighted by molar-refractivity contribution is -0.00450. The molecule has 4 rings (SSSR count). The molecule has 0 aliphatic heterocycles. The van der Waals surface area contributed by atoms with E-state index in [2.05, 4.69) is 32.9 Å². The summed E-state index contributed by atoms with van der Waals surface area (Å²) >= 11 is 0. The molecule has 3 fully saturated rings. The molecule has 0 N–H and O–H groups in total. The molecule has 122 valence electrons. The lowest BCUT2D eigenvalue weighted by Crippen LogP contribution is -2.45. The van der Waals surface area contributed by atoms with Crippen LogP contribution in [-0.4, -0.2) is 0 Å². The topological polar surface area (TPSA) is 0 Å². The first kappa shape index (κ1) is 15.0. The van der Waals surface area contributed by atoms with Crippen molar-refractivity contribution in [1.29, 1.82) is 0 Å². The van der Waals surface area contributed by atoms with Gasteiger partial charge in [-0.1, -0.05) is 39.3 Å². The van der Waals surface area contributed by atoms with E-state index in [-0.39, 0.29) is 0 Å². The highest BCUT2D eigenvalue weighted by atomic mass is 14.6. The number of allylic oxidation sites excluding steroid dienone is 4. The van der Waals surface area contributed by atoms with Crippen LogP contribution in [0.1, 0.15) is 78.6 Å². The van der Waals surface area contributed by atoms with E-state index < -0.39 is 0 Å². The van der Waals surface area contributed by atoms with Crippen LogP contribution in [0, 0.1) is 35.0 Å². The van der Waals surface area contributed by atoms with E-state index >= 15 is 0 Å². The summed E-state index contributed by atoms with van der Waals surface area (Å²) in [6, 6.07) is 0. The summed E-state index contributed by atoms with van der Waals surface area (Å²) in [5.74, 6) is 4.79. The van der Waals surface area contributed by atoms with Gasteiger partial charge in [-0.15, -0.1) is 0 Å². The van der Waals surface area contributed by atoms with Gasteiger partial charge in [-0.25, -0.2) is 0 Å². The van der Waals surface area contributed by atoms with Gasteiger partial charge in [-0.05, 0) is 97.5 Å². The van der Waals surface area contributed by atoms with E-state index in [1.54, 1.807) is 11.1 Å². The smallest absolute Gasteiger partial charge is 0.0131 e. The molecular weight excluding hydrogens is 264 g/mol. The van der Waals surface area contributed by atoms with Crippen molar-refractivity contribution in [2.24, 2.45) is 35.0 Å². The van der Waals surface area contributed by atoms with Crippen molar-refractivity contribution in [3.05, 3.63) is 23.3 Å². The van der Waals surface area contributed by atoms with Gasteiger partial charge in [0.05, 0.1) is 0 Å². The Bertz CT molecular complexity index is 496. The van der Waals surface area contributed by atoms with Crippen LogP contribution in [0.5, 0.6) is 0 Å². The van der Waals surface area contributed by atoms with Gasteiger partial charge < -0.3 is 0 Å². The number of rotatable bonds is 2. The molecule has 0 saturated heterocycles. The highest BCUT2D eigenvalue weighted by Crippen LogP contribution is 2.65. The van der Waals surface area contributed by atoms with Crippen LogP contribution in [0.2, 0.25) is 0 Å². The number of hydrogen-bond acceptors (Lipinski definition) is 0. The number of fused-ring (bicyclic) bond motifs is 5. The van der Waals surface area contributed by atoms with E-state index in [9.17, 15) is 0 Å². The molecule has 0 bridgehead atoms. The SMILES string of the molecule is CCC1CCC2C3CCC4=CC(C)CC=C4C3CCC12CC. The van der Waals surface area contributed by atoms with Crippen molar-refractivity contribution in [2.75, 3.05) is 0 Å². The van der Waals surface area contributed by atoms with Crippen molar-refractivity contribution in [3.63, 3.8) is 0 Å². The van der Waals surface area contributed by atoms with E-state index in [0.717, 1.165) is 35.0 Å². The fourth-order valence-corrected chi connectivity index (χ4v) is 7.22. The van der Waals surface area contributed by atoms with Gasteiger partial charge >= 0.3 is 0 Å². The standard InChI is InChI=1S/C22H34/c1-4-17-8-11-21-20-10-7-16-14-15(3)6-9-18(16)19(20)12-13-22(17,21)5-2/h9,14-15,17,19-21H,4-8,10-13H2,1-3H3. The van der Waals surface area contributed by atoms with Gasteiger partial charge in [-0.2, -0.15) is 0 Å². The van der Waals surface area contributed by atoms with Gasteiger partial charge in [0.25, 0.3) is 0 Å². The van der Waals surface area contributed by atoms with Crippen molar-refractivity contribution in [2.45, 2.75) is 78.6 Å². The average molecular weight is 299 g/mol. The third-order valence-electron chi connectivity index (χ3n) is 8.20. The third-order valence-corrected chi connectivity index (χ3v) is 8.20. The summed E-state index contributed by atoms with van der Waals surface area (Å²) in [6.07, 6.45) is 18.4. The predicted molar refractivity (Wildman–Crippen MR) is 94.6 cm³/mol. The molecule has 0 heteroatoms. The van der Waals surface area contributed by atoms with Crippen LogP contribution in [0.3, 0.4) is 0 Å². The molecule has 0 radical (unpaired) electrons. The van der Waals surface area contributed by atoms with E-state index in [1.165, 1.54) is 57.8 Å². The van der Waals surface area contributed by atoms with E-state index in [0.29, 0.717) is 0 Å². The van der Waals surface area contributed by atoms with Crippen LogP contribution in [-0.2, 0) is 0 Å². The molecule has 4 aliphatic carbocycles. The summed E-state index contributed by atoms with van der Waals surface area (Å²) in [5, 5.41) is 0. The molecule has 0 aromatic rings. The molecule has 0 spiro atoms. The van der Waals surface area contributed by atoms with Crippen LogP contribution >= 0.6 is 0 Å². The maximum Gasteiger partial charge on any atom is -0.0131 e. The highest BCUT2D eigenvalue weighted by Gasteiger charge is 2.55. The minimum Gasteiger partial charge on any atom is -0.0802 e. The molecule has 0 amide bonds. The molecule has 6 unspecified atom stereocenters. The van der Waals surface area contributed by atoms with Gasteiger partial charge in [0.1, 0.15) is 0 Å². The lowest BCUT2D eigenvalue weighted by atomic mass is 9.51. The van der Waals surface area contributed by atoms with Crippen molar-refractivity contribution in [1.82, 2.24) is 0 Å². The second kappa shape index (κ2) is 5.53. The Morgan fingerprint density at radius 1 is 1.14 bits per heavy atom. The summed E-state index contributed by atoms with van der Waals surface area (Å²) < 4.78 is 0. The first-order chi connectivity index (χ1) is 10.7. The normalized spacial score (nSPS) is 47.1. The Kier molecular flexibility index (Phi) is 3.78. The van der Waals surface area contributed by atoms with Crippen LogP contribution < -0.4 is 0 Å². The van der Waals surface area contributed by atoms with Gasteiger partial charge in [-0.3, -0.25) is 0 Å². The van der Waals surface area contributed by atoms with Crippen LogP contribution in [0.4, 0.5) is 0 Å². The van der Waals surface area contributed by atoms with Crippen molar-refractivity contribution in [3.8, 4) is 0 Å². The quantitative estimate of drug-likeness (QED) is 0.543. The molecule has 22 heavy (non-hydrogen) atoms. The van der Waals surface area contributed by atoms with Gasteiger partial charge in [0.15, 0.2) is 0 Å². The fourth-order valence-electron chi connectivity index (χ4n) is 7.22. The zero-order valence-corrected chi connectivity index (χ0v) is 14.9. The average Bonchev–Trinajstić information content (AvgIpc) is 2.93.